The summed E-state index contributed by atoms with van der Waals surface area (Å²) in [5, 5.41) is 18.0. The van der Waals surface area contributed by atoms with Crippen LogP contribution in [0.4, 0.5) is 9.59 Å². The highest BCUT2D eigenvalue weighted by Gasteiger charge is 2.39. The molecule has 26 heavy (non-hydrogen) atoms. The molecule has 0 radical (unpaired) electrons. The number of hydrogen-bond acceptors (Lipinski definition) is 6. The number of allylic oxidation sites excluding steroid dienone is 1. The summed E-state index contributed by atoms with van der Waals surface area (Å²) in [4.78, 5) is 47.3. The lowest BCUT2D eigenvalue weighted by molar-refractivity contribution is -0.143. The van der Waals surface area contributed by atoms with Crippen LogP contribution < -0.4 is 0 Å². The van der Waals surface area contributed by atoms with Crippen molar-refractivity contribution in [2.24, 2.45) is 0 Å². The molecule has 0 aliphatic rings. The van der Waals surface area contributed by atoms with E-state index in [1.165, 1.54) is 6.08 Å². The Morgan fingerprint density at radius 3 is 1.65 bits per heavy atom. The van der Waals surface area contributed by atoms with E-state index in [-0.39, 0.29) is 12.8 Å². The van der Waals surface area contributed by atoms with E-state index in [4.69, 9.17) is 14.6 Å². The van der Waals surface area contributed by atoms with Gasteiger partial charge in [-0.05, 0) is 54.4 Å². The van der Waals surface area contributed by atoms with Crippen molar-refractivity contribution in [3.8, 4) is 0 Å². The molecule has 0 aliphatic carbocycles. The molecule has 0 fully saturated rings. The molecular formula is C17H27NO8. The Balaban J connectivity index is 5.59. The number of rotatable bonds is 6. The molecule has 0 saturated heterocycles. The van der Waals surface area contributed by atoms with Crippen LogP contribution in [0.5, 0.6) is 0 Å². The van der Waals surface area contributed by atoms with Gasteiger partial charge >= 0.3 is 24.1 Å². The smallest absolute Gasteiger partial charge is 0.420 e. The van der Waals surface area contributed by atoms with Crippen LogP contribution in [0.25, 0.3) is 0 Å². The van der Waals surface area contributed by atoms with Gasteiger partial charge in [0.15, 0.2) is 0 Å². The average molecular weight is 373 g/mol. The van der Waals surface area contributed by atoms with Gasteiger partial charge < -0.3 is 19.7 Å². The Bertz CT molecular complexity index is 540. The van der Waals surface area contributed by atoms with E-state index >= 15 is 0 Å². The molecule has 9 nitrogen and oxygen atoms in total. The predicted octanol–water partition coefficient (Wildman–Crippen LogP) is 3.03. The monoisotopic (exact) mass is 373 g/mol. The van der Waals surface area contributed by atoms with Crippen LogP contribution >= 0.6 is 0 Å². The number of carboxylic acids is 2. The molecule has 0 saturated carbocycles. The summed E-state index contributed by atoms with van der Waals surface area (Å²) in [5.74, 6) is -2.63. The van der Waals surface area contributed by atoms with Crippen molar-refractivity contribution in [3.63, 3.8) is 0 Å². The molecule has 0 bridgehead atoms. The molecule has 148 valence electrons. The quantitative estimate of drug-likeness (QED) is 0.679. The van der Waals surface area contributed by atoms with Crippen molar-refractivity contribution in [2.45, 2.75) is 71.6 Å². The van der Waals surface area contributed by atoms with E-state index in [9.17, 15) is 24.3 Å². The lowest BCUT2D eigenvalue weighted by Gasteiger charge is -2.31. The van der Waals surface area contributed by atoms with Crippen molar-refractivity contribution in [2.75, 3.05) is 0 Å². The fraction of sp³-hybridized carbons (Fsp3) is 0.647. The molecular weight excluding hydrogens is 346 g/mol. The van der Waals surface area contributed by atoms with Gasteiger partial charge in [-0.3, -0.25) is 0 Å². The summed E-state index contributed by atoms with van der Waals surface area (Å²) in [6, 6.07) is -1.57. The van der Waals surface area contributed by atoms with Crippen LogP contribution in [0, 0.1) is 0 Å². The summed E-state index contributed by atoms with van der Waals surface area (Å²) < 4.78 is 10.2. The van der Waals surface area contributed by atoms with Gasteiger partial charge in [-0.1, -0.05) is 6.08 Å². The zero-order valence-corrected chi connectivity index (χ0v) is 15.9. The minimum absolute atomic E-state index is 0.0192. The zero-order chi connectivity index (χ0) is 20.7. The molecule has 0 aliphatic heterocycles. The number of ether oxygens (including phenoxy) is 2. The van der Waals surface area contributed by atoms with Gasteiger partial charge in [0.2, 0.25) is 0 Å². The Kier molecular flexibility index (Phi) is 8.30. The molecule has 1 unspecified atom stereocenters. The number of imide groups is 1. The van der Waals surface area contributed by atoms with Crippen molar-refractivity contribution >= 4 is 24.1 Å². The third-order valence-electron chi connectivity index (χ3n) is 2.64. The van der Waals surface area contributed by atoms with Crippen LogP contribution in [-0.4, -0.2) is 56.5 Å². The highest BCUT2D eigenvalue weighted by atomic mass is 16.6. The van der Waals surface area contributed by atoms with Gasteiger partial charge in [-0.2, -0.15) is 4.90 Å². The van der Waals surface area contributed by atoms with Crippen molar-refractivity contribution in [1.82, 2.24) is 4.90 Å². The average Bonchev–Trinajstić information content (AvgIpc) is 2.36. The first-order valence-electron chi connectivity index (χ1n) is 8.01. The van der Waals surface area contributed by atoms with E-state index in [2.05, 4.69) is 0 Å². The molecule has 1 atom stereocenters. The van der Waals surface area contributed by atoms with E-state index < -0.39 is 41.4 Å². The predicted molar refractivity (Wildman–Crippen MR) is 91.7 cm³/mol. The van der Waals surface area contributed by atoms with E-state index in [1.807, 2.05) is 0 Å². The summed E-state index contributed by atoms with van der Waals surface area (Å²) >= 11 is 0. The Hall–Kier alpha value is -2.58. The second-order valence-electron chi connectivity index (χ2n) is 7.50. The van der Waals surface area contributed by atoms with Crippen molar-refractivity contribution in [1.29, 1.82) is 0 Å². The molecule has 2 N–H and O–H groups in total. The standard InChI is InChI=1S/C17H27NO8/c1-16(2,3)25-14(23)18(15(24)26-17(4,5)6)11(13(21)22)9-7-8-10-12(19)20/h8,10-11H,7,9H2,1-6H3,(H,19,20)(H,21,22). The maximum atomic E-state index is 12.4. The molecule has 0 aromatic heterocycles. The summed E-state index contributed by atoms with van der Waals surface area (Å²) in [6.45, 7) is 9.44. The first-order chi connectivity index (χ1) is 11.6. The third kappa shape index (κ3) is 9.65. The van der Waals surface area contributed by atoms with Crippen LogP contribution in [0.15, 0.2) is 12.2 Å². The van der Waals surface area contributed by atoms with E-state index in [0.29, 0.717) is 4.90 Å². The van der Waals surface area contributed by atoms with Gasteiger partial charge in [0.1, 0.15) is 17.2 Å². The number of amides is 2. The van der Waals surface area contributed by atoms with E-state index in [1.54, 1.807) is 41.5 Å². The second-order valence-corrected chi connectivity index (χ2v) is 7.50. The SMILES string of the molecule is CC(C)(C)OC(=O)N(C(=O)OC(C)(C)C)C(CCC=CC(=O)O)C(=O)O. The number of carbonyl (C=O) groups excluding carboxylic acids is 2. The molecule has 0 heterocycles. The maximum absolute atomic E-state index is 12.4. The molecule has 0 spiro atoms. The van der Waals surface area contributed by atoms with Crippen LogP contribution in [-0.2, 0) is 19.1 Å². The Morgan fingerprint density at radius 2 is 1.35 bits per heavy atom. The summed E-state index contributed by atoms with van der Waals surface area (Å²) in [6.07, 6.45) is -0.393. The van der Waals surface area contributed by atoms with Gasteiger partial charge in [0, 0.05) is 6.08 Å². The van der Waals surface area contributed by atoms with Crippen LogP contribution in [0.2, 0.25) is 0 Å². The minimum atomic E-state index is -1.57. The molecule has 9 heteroatoms. The third-order valence-corrected chi connectivity index (χ3v) is 2.64. The number of carboxylic acid groups (broad SMARTS) is 2. The summed E-state index contributed by atoms with van der Waals surface area (Å²) in [5.41, 5.74) is -1.91. The topological polar surface area (TPSA) is 130 Å². The molecule has 0 rings (SSSR count). The zero-order valence-electron chi connectivity index (χ0n) is 15.9. The number of hydrogen-bond donors (Lipinski definition) is 2. The summed E-state index contributed by atoms with van der Waals surface area (Å²) in [7, 11) is 0. The van der Waals surface area contributed by atoms with Crippen LogP contribution in [0.1, 0.15) is 54.4 Å². The van der Waals surface area contributed by atoms with Crippen molar-refractivity contribution in [3.05, 3.63) is 12.2 Å². The van der Waals surface area contributed by atoms with Gasteiger partial charge in [0.05, 0.1) is 0 Å². The Labute approximate surface area is 152 Å². The van der Waals surface area contributed by atoms with E-state index in [0.717, 1.165) is 6.08 Å². The largest absolute Gasteiger partial charge is 0.480 e. The Morgan fingerprint density at radius 1 is 0.923 bits per heavy atom. The lowest BCUT2D eigenvalue weighted by Crippen LogP contribution is -2.51. The molecule has 2 amide bonds. The fourth-order valence-corrected chi connectivity index (χ4v) is 1.75. The highest BCUT2D eigenvalue weighted by molar-refractivity contribution is 5.93. The fourth-order valence-electron chi connectivity index (χ4n) is 1.75. The van der Waals surface area contributed by atoms with Gasteiger partial charge in [-0.15, -0.1) is 0 Å². The minimum Gasteiger partial charge on any atom is -0.480 e. The second kappa shape index (κ2) is 9.21. The number of aliphatic carboxylic acids is 2. The first-order valence-corrected chi connectivity index (χ1v) is 8.01. The number of nitrogens with zero attached hydrogens (tertiary/aromatic N) is 1. The lowest BCUT2D eigenvalue weighted by atomic mass is 10.1. The normalized spacial score (nSPS) is 13.2. The molecule has 0 aromatic rings. The van der Waals surface area contributed by atoms with Crippen molar-refractivity contribution < 1.29 is 38.9 Å². The van der Waals surface area contributed by atoms with Gasteiger partial charge in [0.25, 0.3) is 0 Å². The molecule has 0 aromatic carbocycles. The van der Waals surface area contributed by atoms with Gasteiger partial charge in [-0.25, -0.2) is 19.2 Å². The maximum Gasteiger partial charge on any atom is 0.420 e. The number of carbonyl (C=O) groups is 4. The first kappa shape index (κ1) is 23.4. The van der Waals surface area contributed by atoms with Crippen LogP contribution in [0.3, 0.4) is 0 Å². The highest BCUT2D eigenvalue weighted by Crippen LogP contribution is 2.19.